The molecule has 1 N–H and O–H groups in total. The summed E-state index contributed by atoms with van der Waals surface area (Å²) in [6.07, 6.45) is 10.1. The number of rotatable bonds is 8. The molecule has 1 aliphatic carbocycles. The predicted molar refractivity (Wildman–Crippen MR) is 98.6 cm³/mol. The second-order valence-corrected chi connectivity index (χ2v) is 7.98. The molecule has 132 valence electrons. The van der Waals surface area contributed by atoms with E-state index in [1.54, 1.807) is 0 Å². The summed E-state index contributed by atoms with van der Waals surface area (Å²) in [6.45, 7) is 3.17. The Bertz CT molecular complexity index is 520. The van der Waals surface area contributed by atoms with Gasteiger partial charge in [0, 0.05) is 13.1 Å². The molecule has 0 atom stereocenters. The third-order valence-corrected chi connectivity index (χ3v) is 6.08. The van der Waals surface area contributed by atoms with Gasteiger partial charge in [-0.2, -0.15) is 0 Å². The first-order valence-electron chi connectivity index (χ1n) is 9.69. The van der Waals surface area contributed by atoms with Gasteiger partial charge in [-0.05, 0) is 57.2 Å². The number of hydrogen-bond donors (Lipinski definition) is 1. The highest BCUT2D eigenvalue weighted by atomic mass is 16.2. The van der Waals surface area contributed by atoms with Gasteiger partial charge < -0.3 is 10.2 Å². The van der Waals surface area contributed by atoms with Crippen molar-refractivity contribution in [2.45, 2.75) is 57.9 Å². The van der Waals surface area contributed by atoms with Gasteiger partial charge in [-0.25, -0.2) is 0 Å². The minimum absolute atomic E-state index is 0.0522. The molecular formula is C21H32N2O. The predicted octanol–water partition coefficient (Wildman–Crippen LogP) is 3.99. The molecule has 1 aromatic carbocycles. The van der Waals surface area contributed by atoms with Crippen LogP contribution in [0.2, 0.25) is 0 Å². The smallest absolute Gasteiger partial charge is 0.228 e. The molecule has 2 aliphatic rings. The molecule has 1 saturated heterocycles. The van der Waals surface area contributed by atoms with E-state index in [9.17, 15) is 4.79 Å². The molecule has 0 aromatic heterocycles. The molecular weight excluding hydrogens is 296 g/mol. The first-order chi connectivity index (χ1) is 11.7. The lowest BCUT2D eigenvalue weighted by Crippen LogP contribution is -2.60. The lowest BCUT2D eigenvalue weighted by Gasteiger charge is -2.45. The second kappa shape index (κ2) is 8.15. The fraction of sp³-hybridized carbons (Fsp3) is 0.667. The summed E-state index contributed by atoms with van der Waals surface area (Å²) in [5, 5.41) is 2.93. The Morgan fingerprint density at radius 1 is 1.12 bits per heavy atom. The quantitative estimate of drug-likeness (QED) is 0.578. The second-order valence-electron chi connectivity index (χ2n) is 7.98. The molecule has 1 aliphatic heterocycles. The molecule has 1 spiro atoms. The molecule has 3 heteroatoms. The lowest BCUT2D eigenvalue weighted by molar-refractivity contribution is -0.143. The van der Waals surface area contributed by atoms with Crippen molar-refractivity contribution in [2.24, 2.45) is 11.3 Å². The molecule has 1 saturated carbocycles. The Labute approximate surface area is 146 Å². The summed E-state index contributed by atoms with van der Waals surface area (Å²) in [4.78, 5) is 14.1. The van der Waals surface area contributed by atoms with E-state index in [2.05, 4.69) is 47.6 Å². The number of amides is 1. The van der Waals surface area contributed by atoms with Crippen LogP contribution >= 0.6 is 0 Å². The number of nitrogens with one attached hydrogen (secondary N) is 1. The topological polar surface area (TPSA) is 32.3 Å². The maximum Gasteiger partial charge on any atom is 0.228 e. The Morgan fingerprint density at radius 3 is 2.50 bits per heavy atom. The van der Waals surface area contributed by atoms with Crippen LogP contribution in [0.25, 0.3) is 0 Å². The van der Waals surface area contributed by atoms with Crippen molar-refractivity contribution in [1.82, 2.24) is 10.2 Å². The molecule has 1 aromatic rings. The summed E-state index contributed by atoms with van der Waals surface area (Å²) >= 11 is 0. The SMILES string of the molecule is CN(CCCCCC1CCC2(CC1)CNC2=O)Cc1ccccc1. The van der Waals surface area contributed by atoms with Gasteiger partial charge in [-0.15, -0.1) is 0 Å². The minimum Gasteiger partial charge on any atom is -0.354 e. The van der Waals surface area contributed by atoms with Gasteiger partial charge in [-0.1, -0.05) is 49.6 Å². The lowest BCUT2D eigenvalue weighted by atomic mass is 9.65. The van der Waals surface area contributed by atoms with Gasteiger partial charge in [0.05, 0.1) is 5.41 Å². The Morgan fingerprint density at radius 2 is 1.88 bits per heavy atom. The number of hydrogen-bond acceptors (Lipinski definition) is 2. The molecule has 1 heterocycles. The van der Waals surface area contributed by atoms with Crippen LogP contribution in [0, 0.1) is 11.3 Å². The molecule has 3 rings (SSSR count). The normalized spacial score (nSPS) is 26.4. The number of β-lactam (4-membered cyclic amide) rings is 1. The maximum absolute atomic E-state index is 11.7. The molecule has 1 amide bonds. The average molecular weight is 328 g/mol. The summed E-state index contributed by atoms with van der Waals surface area (Å²) < 4.78 is 0. The summed E-state index contributed by atoms with van der Waals surface area (Å²) in [5.74, 6) is 1.19. The van der Waals surface area contributed by atoms with E-state index >= 15 is 0 Å². The van der Waals surface area contributed by atoms with Gasteiger partial charge in [0.15, 0.2) is 0 Å². The fourth-order valence-electron chi connectivity index (χ4n) is 4.30. The fourth-order valence-corrected chi connectivity index (χ4v) is 4.30. The third kappa shape index (κ3) is 4.38. The maximum atomic E-state index is 11.7. The number of carbonyl (C=O) groups excluding carboxylic acids is 1. The minimum atomic E-state index is 0.0522. The highest BCUT2D eigenvalue weighted by molar-refractivity contribution is 5.88. The molecule has 24 heavy (non-hydrogen) atoms. The molecule has 0 unspecified atom stereocenters. The zero-order chi connectivity index (χ0) is 16.8. The van der Waals surface area contributed by atoms with Crippen molar-refractivity contribution in [2.75, 3.05) is 20.1 Å². The highest BCUT2D eigenvalue weighted by Gasteiger charge is 2.47. The van der Waals surface area contributed by atoms with E-state index in [4.69, 9.17) is 0 Å². The summed E-state index contributed by atoms with van der Waals surface area (Å²) in [7, 11) is 2.22. The van der Waals surface area contributed by atoms with Gasteiger partial charge in [0.1, 0.15) is 0 Å². The van der Waals surface area contributed by atoms with Crippen LogP contribution in [0.15, 0.2) is 30.3 Å². The first kappa shape index (κ1) is 17.5. The number of carbonyl (C=O) groups is 1. The Hall–Kier alpha value is -1.35. The van der Waals surface area contributed by atoms with E-state index in [-0.39, 0.29) is 5.41 Å². The summed E-state index contributed by atoms with van der Waals surface area (Å²) in [6, 6.07) is 10.7. The molecule has 3 nitrogen and oxygen atoms in total. The van der Waals surface area contributed by atoms with Crippen molar-refractivity contribution in [3.63, 3.8) is 0 Å². The van der Waals surface area contributed by atoms with Crippen LogP contribution in [0.3, 0.4) is 0 Å². The van der Waals surface area contributed by atoms with Gasteiger partial charge in [-0.3, -0.25) is 4.79 Å². The zero-order valence-corrected chi connectivity index (χ0v) is 15.1. The number of nitrogens with zero attached hydrogens (tertiary/aromatic N) is 1. The zero-order valence-electron chi connectivity index (χ0n) is 15.1. The van der Waals surface area contributed by atoms with E-state index < -0.39 is 0 Å². The first-order valence-corrected chi connectivity index (χ1v) is 9.69. The molecule has 2 fully saturated rings. The van der Waals surface area contributed by atoms with Crippen molar-refractivity contribution < 1.29 is 4.79 Å². The average Bonchev–Trinajstić information content (AvgIpc) is 2.61. The summed E-state index contributed by atoms with van der Waals surface area (Å²) in [5.41, 5.74) is 1.45. The van der Waals surface area contributed by atoms with Gasteiger partial charge >= 0.3 is 0 Å². The standard InChI is InChI=1S/C21H32N2O/c1-23(16-19-9-4-2-5-10-19)15-7-3-6-8-18-11-13-21(14-12-18)17-22-20(21)24/h2,4-5,9-10,18H,3,6-8,11-17H2,1H3,(H,22,24). The van der Waals surface area contributed by atoms with Crippen molar-refractivity contribution in [3.05, 3.63) is 35.9 Å². The highest BCUT2D eigenvalue weighted by Crippen LogP contribution is 2.43. The van der Waals surface area contributed by atoms with Gasteiger partial charge in [0.2, 0.25) is 5.91 Å². The van der Waals surface area contributed by atoms with Crippen LogP contribution in [0.1, 0.15) is 56.9 Å². The van der Waals surface area contributed by atoms with Crippen LogP contribution < -0.4 is 5.32 Å². The van der Waals surface area contributed by atoms with Crippen molar-refractivity contribution in [3.8, 4) is 0 Å². The largest absolute Gasteiger partial charge is 0.354 e. The Kier molecular flexibility index (Phi) is 5.94. The van der Waals surface area contributed by atoms with Crippen LogP contribution in [0.5, 0.6) is 0 Å². The van der Waals surface area contributed by atoms with E-state index in [1.807, 2.05) is 0 Å². The van der Waals surface area contributed by atoms with Crippen LogP contribution in [-0.2, 0) is 11.3 Å². The van der Waals surface area contributed by atoms with Crippen molar-refractivity contribution >= 4 is 5.91 Å². The third-order valence-electron chi connectivity index (χ3n) is 6.08. The van der Waals surface area contributed by atoms with E-state index in [1.165, 1.54) is 50.6 Å². The van der Waals surface area contributed by atoms with E-state index in [0.29, 0.717) is 5.91 Å². The number of unbranched alkanes of at least 4 members (excludes halogenated alkanes) is 2. The molecule has 0 radical (unpaired) electrons. The monoisotopic (exact) mass is 328 g/mol. The Balaban J connectivity index is 1.23. The van der Waals surface area contributed by atoms with Crippen molar-refractivity contribution in [1.29, 1.82) is 0 Å². The molecule has 0 bridgehead atoms. The number of benzene rings is 1. The van der Waals surface area contributed by atoms with Crippen LogP contribution in [-0.4, -0.2) is 30.9 Å². The van der Waals surface area contributed by atoms with Gasteiger partial charge in [0.25, 0.3) is 0 Å². The van der Waals surface area contributed by atoms with Crippen LogP contribution in [0.4, 0.5) is 0 Å². The van der Waals surface area contributed by atoms with E-state index in [0.717, 1.165) is 31.8 Å².